The van der Waals surface area contributed by atoms with Gasteiger partial charge < -0.3 is 21.3 Å². The van der Waals surface area contributed by atoms with E-state index in [0.717, 1.165) is 36.4 Å². The van der Waals surface area contributed by atoms with Crippen molar-refractivity contribution in [3.63, 3.8) is 0 Å². The summed E-state index contributed by atoms with van der Waals surface area (Å²) in [5, 5.41) is 8.20. The predicted molar refractivity (Wildman–Crippen MR) is 119 cm³/mol. The van der Waals surface area contributed by atoms with E-state index in [1.54, 1.807) is 0 Å². The molecule has 154 valence electrons. The highest BCUT2D eigenvalue weighted by Gasteiger charge is 2.22. The summed E-state index contributed by atoms with van der Waals surface area (Å²) >= 11 is 0. The van der Waals surface area contributed by atoms with Crippen LogP contribution in [0.25, 0.3) is 10.9 Å². The Hall–Kier alpha value is -1.92. The molecule has 6 nitrogen and oxygen atoms in total. The zero-order chi connectivity index (χ0) is 20.1. The standard InChI is InChI=1S/C22H36N6/c1-22(2,15-28(3)4)27-20-18-7-5-6-8-19(18)25-21(26-20)24-14-17-11-9-16(13-23)10-12-17/h5-8,16-17H,9-15,23H2,1-4H3,(H2,24,25,26,27). The van der Waals surface area contributed by atoms with Crippen molar-refractivity contribution in [2.24, 2.45) is 17.6 Å². The Morgan fingerprint density at radius 2 is 1.75 bits per heavy atom. The molecule has 1 fully saturated rings. The first-order valence-corrected chi connectivity index (χ1v) is 10.5. The third kappa shape index (κ3) is 5.55. The molecule has 1 aliphatic rings. The van der Waals surface area contributed by atoms with Gasteiger partial charge in [-0.1, -0.05) is 12.1 Å². The third-order valence-electron chi connectivity index (χ3n) is 5.62. The highest BCUT2D eigenvalue weighted by atomic mass is 15.2. The van der Waals surface area contributed by atoms with Crippen LogP contribution in [-0.2, 0) is 0 Å². The number of benzene rings is 1. The molecular formula is C22H36N6. The van der Waals surface area contributed by atoms with Crippen LogP contribution >= 0.6 is 0 Å². The van der Waals surface area contributed by atoms with Crippen molar-refractivity contribution in [3.8, 4) is 0 Å². The smallest absolute Gasteiger partial charge is 0.225 e. The number of anilines is 2. The number of nitrogens with one attached hydrogen (secondary N) is 2. The van der Waals surface area contributed by atoms with E-state index in [2.05, 4.69) is 55.6 Å². The molecule has 1 aliphatic carbocycles. The zero-order valence-corrected chi connectivity index (χ0v) is 17.8. The maximum Gasteiger partial charge on any atom is 0.225 e. The molecule has 0 saturated heterocycles. The van der Waals surface area contributed by atoms with Crippen LogP contribution in [0, 0.1) is 11.8 Å². The first-order chi connectivity index (χ1) is 13.4. The van der Waals surface area contributed by atoms with Crippen LogP contribution in [0.3, 0.4) is 0 Å². The summed E-state index contributed by atoms with van der Waals surface area (Å²) in [6.45, 7) is 7.07. The number of fused-ring (bicyclic) bond motifs is 1. The largest absolute Gasteiger partial charge is 0.363 e. The second kappa shape index (κ2) is 9.05. The Bertz CT molecular complexity index is 765. The summed E-state index contributed by atoms with van der Waals surface area (Å²) in [4.78, 5) is 11.8. The first kappa shape index (κ1) is 20.8. The fraction of sp³-hybridized carbons (Fsp3) is 0.636. The molecule has 28 heavy (non-hydrogen) atoms. The summed E-state index contributed by atoms with van der Waals surface area (Å²) in [6, 6.07) is 8.21. The number of aromatic nitrogens is 2. The second-order valence-electron chi connectivity index (χ2n) is 9.16. The van der Waals surface area contributed by atoms with Crippen molar-refractivity contribution in [2.45, 2.75) is 45.1 Å². The van der Waals surface area contributed by atoms with Crippen molar-refractivity contribution >= 4 is 22.7 Å². The summed E-state index contributed by atoms with van der Waals surface area (Å²) < 4.78 is 0. The van der Waals surface area contributed by atoms with Crippen molar-refractivity contribution in [3.05, 3.63) is 24.3 Å². The Morgan fingerprint density at radius 3 is 2.43 bits per heavy atom. The maximum atomic E-state index is 5.82. The first-order valence-electron chi connectivity index (χ1n) is 10.5. The van der Waals surface area contributed by atoms with E-state index in [4.69, 9.17) is 15.7 Å². The molecule has 1 aromatic carbocycles. The number of hydrogen-bond donors (Lipinski definition) is 3. The Kier molecular flexibility index (Phi) is 6.73. The Morgan fingerprint density at radius 1 is 1.07 bits per heavy atom. The number of nitrogens with two attached hydrogens (primary N) is 1. The summed E-state index contributed by atoms with van der Waals surface area (Å²) in [5.41, 5.74) is 6.69. The van der Waals surface area contributed by atoms with Gasteiger partial charge in [0.05, 0.1) is 5.52 Å². The molecule has 4 N–H and O–H groups in total. The zero-order valence-electron chi connectivity index (χ0n) is 17.8. The lowest BCUT2D eigenvalue weighted by atomic mass is 9.82. The van der Waals surface area contributed by atoms with Gasteiger partial charge in [0.1, 0.15) is 5.82 Å². The van der Waals surface area contributed by atoms with Crippen LogP contribution in [0.4, 0.5) is 11.8 Å². The van der Waals surface area contributed by atoms with E-state index in [9.17, 15) is 0 Å². The topological polar surface area (TPSA) is 79.1 Å². The normalized spacial score (nSPS) is 20.5. The van der Waals surface area contributed by atoms with Crippen molar-refractivity contribution in [1.29, 1.82) is 0 Å². The van der Waals surface area contributed by atoms with E-state index < -0.39 is 0 Å². The van der Waals surface area contributed by atoms with E-state index >= 15 is 0 Å². The van der Waals surface area contributed by atoms with Crippen molar-refractivity contribution in [1.82, 2.24) is 14.9 Å². The highest BCUT2D eigenvalue weighted by Crippen LogP contribution is 2.29. The average Bonchev–Trinajstić information content (AvgIpc) is 2.65. The lowest BCUT2D eigenvalue weighted by Gasteiger charge is -2.31. The minimum Gasteiger partial charge on any atom is -0.363 e. The average molecular weight is 385 g/mol. The van der Waals surface area contributed by atoms with Gasteiger partial charge in [-0.25, -0.2) is 4.98 Å². The van der Waals surface area contributed by atoms with Crippen molar-refractivity contribution < 1.29 is 0 Å². The monoisotopic (exact) mass is 384 g/mol. The van der Waals surface area contributed by atoms with Gasteiger partial charge >= 0.3 is 0 Å². The molecule has 0 atom stereocenters. The lowest BCUT2D eigenvalue weighted by molar-refractivity contribution is 0.289. The van der Waals surface area contributed by atoms with Gasteiger partial charge in [0.25, 0.3) is 0 Å². The molecule has 0 bridgehead atoms. The van der Waals surface area contributed by atoms with Crippen LogP contribution < -0.4 is 16.4 Å². The lowest BCUT2D eigenvalue weighted by Crippen LogP contribution is -2.41. The van der Waals surface area contributed by atoms with Crippen LogP contribution in [0.1, 0.15) is 39.5 Å². The number of para-hydroxylation sites is 1. The van der Waals surface area contributed by atoms with E-state index in [1.165, 1.54) is 25.7 Å². The number of nitrogens with zero attached hydrogens (tertiary/aromatic N) is 3. The van der Waals surface area contributed by atoms with Gasteiger partial charge in [0, 0.05) is 24.0 Å². The van der Waals surface area contributed by atoms with E-state index in [-0.39, 0.29) is 5.54 Å². The fourth-order valence-corrected chi connectivity index (χ4v) is 4.31. The van der Waals surface area contributed by atoms with Gasteiger partial charge in [-0.15, -0.1) is 0 Å². The molecule has 3 rings (SSSR count). The predicted octanol–water partition coefficient (Wildman–Crippen LogP) is 3.56. The summed E-state index contributed by atoms with van der Waals surface area (Å²) in [7, 11) is 4.18. The molecule has 0 amide bonds. The van der Waals surface area contributed by atoms with Gasteiger partial charge in [-0.05, 0) is 84.1 Å². The van der Waals surface area contributed by atoms with Crippen LogP contribution in [0.5, 0.6) is 0 Å². The van der Waals surface area contributed by atoms with Gasteiger partial charge in [0.2, 0.25) is 5.95 Å². The third-order valence-corrected chi connectivity index (χ3v) is 5.62. The van der Waals surface area contributed by atoms with Gasteiger partial charge in [-0.3, -0.25) is 0 Å². The van der Waals surface area contributed by atoms with Gasteiger partial charge in [-0.2, -0.15) is 4.98 Å². The Balaban J connectivity index is 1.74. The second-order valence-corrected chi connectivity index (χ2v) is 9.16. The molecule has 0 aliphatic heterocycles. The maximum absolute atomic E-state index is 5.82. The van der Waals surface area contributed by atoms with E-state index in [1.807, 2.05) is 12.1 Å². The molecule has 2 aromatic rings. The number of rotatable bonds is 8. The molecule has 0 radical (unpaired) electrons. The van der Waals surface area contributed by atoms with Crippen molar-refractivity contribution in [2.75, 3.05) is 44.4 Å². The SMILES string of the molecule is CN(C)CC(C)(C)Nc1nc(NCC2CCC(CN)CC2)nc2ccccc12. The highest BCUT2D eigenvalue weighted by molar-refractivity contribution is 5.90. The quantitative estimate of drug-likeness (QED) is 0.646. The van der Waals surface area contributed by atoms with E-state index in [0.29, 0.717) is 17.8 Å². The Labute approximate surface area is 169 Å². The molecule has 1 aromatic heterocycles. The number of hydrogen-bond acceptors (Lipinski definition) is 6. The fourth-order valence-electron chi connectivity index (χ4n) is 4.31. The minimum absolute atomic E-state index is 0.0987. The molecular weight excluding hydrogens is 348 g/mol. The van der Waals surface area contributed by atoms with Crippen LogP contribution in [-0.4, -0.2) is 54.1 Å². The minimum atomic E-state index is -0.0987. The van der Waals surface area contributed by atoms with Crippen LogP contribution in [0.15, 0.2) is 24.3 Å². The molecule has 1 saturated carbocycles. The van der Waals surface area contributed by atoms with Crippen LogP contribution in [0.2, 0.25) is 0 Å². The molecule has 0 spiro atoms. The molecule has 1 heterocycles. The summed E-state index contributed by atoms with van der Waals surface area (Å²) in [5.74, 6) is 3.00. The number of likely N-dealkylation sites (N-methyl/N-ethyl adjacent to an activating group) is 1. The molecule has 0 unspecified atom stereocenters. The summed E-state index contributed by atoms with van der Waals surface area (Å²) in [6.07, 6.45) is 4.97. The van der Waals surface area contributed by atoms with Gasteiger partial charge in [0.15, 0.2) is 0 Å². The molecule has 6 heteroatoms.